The van der Waals surface area contributed by atoms with Crippen molar-refractivity contribution < 1.29 is 8.42 Å². The molecule has 0 saturated heterocycles. The van der Waals surface area contributed by atoms with Crippen molar-refractivity contribution in [2.24, 2.45) is 5.92 Å². The summed E-state index contributed by atoms with van der Waals surface area (Å²) in [5.74, 6) is 1.23. The topological polar surface area (TPSA) is 71.1 Å². The maximum atomic E-state index is 12.6. The van der Waals surface area contributed by atoms with Gasteiger partial charge in [-0.15, -0.1) is 0 Å². The lowest BCUT2D eigenvalue weighted by molar-refractivity contribution is 0.576. The third-order valence-corrected chi connectivity index (χ3v) is 6.88. The highest BCUT2D eigenvalue weighted by molar-refractivity contribution is 7.89. The summed E-state index contributed by atoms with van der Waals surface area (Å²) in [6.07, 6.45) is 1.94. The highest BCUT2D eigenvalue weighted by Crippen LogP contribution is 2.34. The number of pyridine rings is 1. The summed E-state index contributed by atoms with van der Waals surface area (Å²) < 4.78 is 28.0. The molecule has 146 valence electrons. The molecular weight excluding hydrogens is 370 g/mol. The number of nitrogens with one attached hydrogen (secondary N) is 2. The van der Waals surface area contributed by atoms with E-state index in [4.69, 9.17) is 0 Å². The highest BCUT2D eigenvalue weighted by Gasteiger charge is 2.38. The van der Waals surface area contributed by atoms with E-state index in [0.29, 0.717) is 10.8 Å². The molecule has 3 atom stereocenters. The molecule has 1 fully saturated rings. The molecule has 28 heavy (non-hydrogen) atoms. The van der Waals surface area contributed by atoms with Crippen molar-refractivity contribution in [2.75, 3.05) is 5.32 Å². The van der Waals surface area contributed by atoms with Gasteiger partial charge < -0.3 is 5.32 Å². The van der Waals surface area contributed by atoms with E-state index in [1.807, 2.05) is 30.3 Å². The standard InChI is InChI=1S/C22H25N3O2S/c1-3-16-14-21(16)25-28(26,27)19-10-11-20-18(13-19)9-12-22(24-20)23-15(2)17-7-5-4-6-8-17/h4-13,15-16,21,25H,3,14H2,1-2H3,(H,23,24)/t15-,16+,21+/m0/s1. The fourth-order valence-corrected chi connectivity index (χ4v) is 4.86. The molecule has 1 aromatic heterocycles. The number of anilines is 1. The highest BCUT2D eigenvalue weighted by atomic mass is 32.2. The molecule has 0 bridgehead atoms. The quantitative estimate of drug-likeness (QED) is 0.619. The van der Waals surface area contributed by atoms with Crippen LogP contribution in [-0.4, -0.2) is 19.4 Å². The Bertz CT molecular complexity index is 1080. The fraction of sp³-hybridized carbons (Fsp3) is 0.318. The number of nitrogens with zero attached hydrogens (tertiary/aromatic N) is 1. The van der Waals surface area contributed by atoms with Crippen LogP contribution in [0, 0.1) is 5.92 Å². The summed E-state index contributed by atoms with van der Waals surface area (Å²) in [6.45, 7) is 4.18. The van der Waals surface area contributed by atoms with E-state index in [0.717, 1.165) is 29.6 Å². The number of hydrogen-bond acceptors (Lipinski definition) is 4. The van der Waals surface area contributed by atoms with Crippen LogP contribution in [0.3, 0.4) is 0 Å². The van der Waals surface area contributed by atoms with Crippen molar-refractivity contribution in [2.45, 2.75) is 43.7 Å². The lowest BCUT2D eigenvalue weighted by Gasteiger charge is -2.15. The van der Waals surface area contributed by atoms with Gasteiger partial charge in [0.25, 0.3) is 0 Å². The molecule has 0 amide bonds. The molecule has 3 aromatic rings. The molecule has 0 radical (unpaired) electrons. The SMILES string of the molecule is CC[C@@H]1C[C@H]1NS(=O)(=O)c1ccc2nc(N[C@@H](C)c3ccccc3)ccc2c1. The Morgan fingerprint density at radius 1 is 1.11 bits per heavy atom. The molecule has 0 spiro atoms. The van der Waals surface area contributed by atoms with Crippen LogP contribution in [0.4, 0.5) is 5.82 Å². The van der Waals surface area contributed by atoms with E-state index in [1.165, 1.54) is 5.56 Å². The molecule has 0 unspecified atom stereocenters. The monoisotopic (exact) mass is 395 g/mol. The van der Waals surface area contributed by atoms with Gasteiger partial charge >= 0.3 is 0 Å². The van der Waals surface area contributed by atoms with E-state index < -0.39 is 10.0 Å². The molecular formula is C22H25N3O2S. The molecule has 5 nitrogen and oxygen atoms in total. The zero-order valence-corrected chi connectivity index (χ0v) is 16.9. The summed E-state index contributed by atoms with van der Waals surface area (Å²) in [6, 6.07) is 19.3. The van der Waals surface area contributed by atoms with Crippen molar-refractivity contribution in [1.29, 1.82) is 0 Å². The first-order chi connectivity index (χ1) is 13.5. The lowest BCUT2D eigenvalue weighted by atomic mass is 10.1. The van der Waals surface area contributed by atoms with Crippen LogP contribution < -0.4 is 10.0 Å². The summed E-state index contributed by atoms with van der Waals surface area (Å²) >= 11 is 0. The van der Waals surface area contributed by atoms with Crippen LogP contribution in [0.5, 0.6) is 0 Å². The summed E-state index contributed by atoms with van der Waals surface area (Å²) in [7, 11) is -3.49. The Balaban J connectivity index is 1.53. The summed E-state index contributed by atoms with van der Waals surface area (Å²) in [5.41, 5.74) is 1.95. The lowest BCUT2D eigenvalue weighted by Crippen LogP contribution is -2.27. The number of fused-ring (bicyclic) bond motifs is 1. The average molecular weight is 396 g/mol. The number of hydrogen-bond donors (Lipinski definition) is 2. The van der Waals surface area contributed by atoms with Gasteiger partial charge in [0.05, 0.1) is 10.4 Å². The van der Waals surface area contributed by atoms with Crippen LogP contribution in [0.15, 0.2) is 65.6 Å². The molecule has 2 N–H and O–H groups in total. The first kappa shape index (κ1) is 18.9. The molecule has 4 rings (SSSR count). The number of aromatic nitrogens is 1. The minimum atomic E-state index is -3.49. The van der Waals surface area contributed by atoms with Crippen LogP contribution >= 0.6 is 0 Å². The average Bonchev–Trinajstić information content (AvgIpc) is 3.45. The molecule has 1 saturated carbocycles. The molecule has 6 heteroatoms. The molecule has 1 heterocycles. The van der Waals surface area contributed by atoms with E-state index in [1.54, 1.807) is 18.2 Å². The van der Waals surface area contributed by atoms with Gasteiger partial charge in [-0.1, -0.05) is 43.7 Å². The fourth-order valence-electron chi connectivity index (χ4n) is 3.51. The van der Waals surface area contributed by atoms with Gasteiger partial charge in [0.2, 0.25) is 10.0 Å². The third kappa shape index (κ3) is 4.03. The number of benzene rings is 2. The Morgan fingerprint density at radius 2 is 1.89 bits per heavy atom. The van der Waals surface area contributed by atoms with E-state index >= 15 is 0 Å². The molecule has 0 aliphatic heterocycles. The molecule has 1 aliphatic carbocycles. The summed E-state index contributed by atoms with van der Waals surface area (Å²) in [4.78, 5) is 4.93. The van der Waals surface area contributed by atoms with Gasteiger partial charge in [0.1, 0.15) is 5.82 Å². The first-order valence-electron chi connectivity index (χ1n) is 9.71. The van der Waals surface area contributed by atoms with Gasteiger partial charge in [-0.2, -0.15) is 0 Å². The van der Waals surface area contributed by atoms with Gasteiger partial charge in [-0.05, 0) is 55.2 Å². The van der Waals surface area contributed by atoms with Gasteiger partial charge in [0.15, 0.2) is 0 Å². The van der Waals surface area contributed by atoms with E-state index in [2.05, 4.69) is 41.0 Å². The predicted molar refractivity (Wildman–Crippen MR) is 113 cm³/mol. The van der Waals surface area contributed by atoms with Crippen molar-refractivity contribution in [3.63, 3.8) is 0 Å². The largest absolute Gasteiger partial charge is 0.364 e. The van der Waals surface area contributed by atoms with Crippen molar-refractivity contribution >= 4 is 26.7 Å². The Morgan fingerprint density at radius 3 is 2.61 bits per heavy atom. The van der Waals surface area contributed by atoms with Gasteiger partial charge in [0, 0.05) is 17.5 Å². The second-order valence-corrected chi connectivity index (χ2v) is 9.17. The minimum absolute atomic E-state index is 0.0786. The van der Waals surface area contributed by atoms with E-state index in [9.17, 15) is 8.42 Å². The third-order valence-electron chi connectivity index (χ3n) is 5.39. The number of rotatable bonds is 7. The van der Waals surface area contributed by atoms with Crippen molar-refractivity contribution in [3.8, 4) is 0 Å². The van der Waals surface area contributed by atoms with Crippen molar-refractivity contribution in [1.82, 2.24) is 9.71 Å². The van der Waals surface area contributed by atoms with Gasteiger partial charge in [-0.25, -0.2) is 18.1 Å². The normalized spacial score (nSPS) is 20.1. The first-order valence-corrected chi connectivity index (χ1v) is 11.2. The van der Waals surface area contributed by atoms with E-state index in [-0.39, 0.29) is 12.1 Å². The van der Waals surface area contributed by atoms with Crippen LogP contribution in [0.25, 0.3) is 10.9 Å². The Kier molecular flexibility index (Phi) is 5.08. The zero-order valence-electron chi connectivity index (χ0n) is 16.1. The minimum Gasteiger partial charge on any atom is -0.364 e. The predicted octanol–water partition coefficient (Wildman–Crippen LogP) is 4.48. The number of sulfonamides is 1. The maximum absolute atomic E-state index is 12.6. The van der Waals surface area contributed by atoms with Crippen LogP contribution in [-0.2, 0) is 10.0 Å². The Labute approximate surface area is 166 Å². The maximum Gasteiger partial charge on any atom is 0.240 e. The second-order valence-electron chi connectivity index (χ2n) is 7.46. The second kappa shape index (κ2) is 7.53. The summed E-state index contributed by atoms with van der Waals surface area (Å²) in [5, 5.41) is 4.21. The van der Waals surface area contributed by atoms with Crippen molar-refractivity contribution in [3.05, 3.63) is 66.2 Å². The van der Waals surface area contributed by atoms with Crippen LogP contribution in [0.1, 0.15) is 38.3 Å². The molecule has 1 aliphatic rings. The Hall–Kier alpha value is -2.44. The zero-order chi connectivity index (χ0) is 19.7. The van der Waals surface area contributed by atoms with Crippen LogP contribution in [0.2, 0.25) is 0 Å². The molecule has 2 aromatic carbocycles. The van der Waals surface area contributed by atoms with Gasteiger partial charge in [-0.3, -0.25) is 0 Å². The smallest absolute Gasteiger partial charge is 0.240 e.